The Bertz CT molecular complexity index is 695. The first-order valence-corrected chi connectivity index (χ1v) is 13.6. The van der Waals surface area contributed by atoms with Crippen LogP contribution in [0.1, 0.15) is 112 Å². The normalized spacial score (nSPS) is 42.9. The van der Waals surface area contributed by atoms with Crippen molar-refractivity contribution in [3.8, 4) is 0 Å². The lowest BCUT2D eigenvalue weighted by Gasteiger charge is -2.58. The van der Waals surface area contributed by atoms with E-state index >= 15 is 0 Å². The lowest BCUT2D eigenvalue weighted by atomic mass is 9.47. The predicted octanol–water partition coefficient (Wildman–Crippen LogP) is 7.53. The van der Waals surface area contributed by atoms with Gasteiger partial charge < -0.3 is 5.32 Å². The highest BCUT2D eigenvalue weighted by atomic mass is 16.1. The Hall–Kier alpha value is -0.790. The molecule has 0 spiro atoms. The van der Waals surface area contributed by atoms with E-state index in [2.05, 4.69) is 46.0 Å². The Labute approximate surface area is 192 Å². The van der Waals surface area contributed by atoms with Gasteiger partial charge in [-0.05, 0) is 97.7 Å². The number of amides is 1. The zero-order chi connectivity index (χ0) is 22.4. The number of fused-ring (bicyclic) bond motifs is 5. The van der Waals surface area contributed by atoms with Crippen LogP contribution in [0.15, 0.2) is 11.6 Å². The third-order valence-corrected chi connectivity index (χ3v) is 10.7. The van der Waals surface area contributed by atoms with Crippen molar-refractivity contribution in [2.24, 2.45) is 46.3 Å². The Kier molecular flexibility index (Phi) is 6.68. The van der Waals surface area contributed by atoms with Gasteiger partial charge >= 0.3 is 0 Å². The van der Waals surface area contributed by atoms with Gasteiger partial charge in [0, 0.05) is 13.0 Å². The van der Waals surface area contributed by atoms with E-state index in [1.807, 2.05) is 0 Å². The second kappa shape index (κ2) is 8.86. The molecule has 0 aromatic rings. The minimum atomic E-state index is 0.135. The number of carbonyl (C=O) groups is 1. The number of carbonyl (C=O) groups excluding carboxylic acids is 1. The smallest absolute Gasteiger partial charge is 0.217 e. The molecule has 0 aromatic carbocycles. The monoisotopic (exact) mass is 427 g/mol. The second-order valence-electron chi connectivity index (χ2n) is 12.9. The van der Waals surface area contributed by atoms with E-state index in [0.717, 1.165) is 48.3 Å². The molecule has 0 heterocycles. The summed E-state index contributed by atoms with van der Waals surface area (Å²) in [7, 11) is 0. The van der Waals surface area contributed by atoms with E-state index < -0.39 is 0 Å². The molecule has 3 saturated carbocycles. The molecule has 4 rings (SSSR count). The van der Waals surface area contributed by atoms with Crippen molar-refractivity contribution in [3.63, 3.8) is 0 Å². The zero-order valence-electron chi connectivity index (χ0n) is 21.3. The van der Waals surface area contributed by atoms with Crippen LogP contribution in [0.3, 0.4) is 0 Å². The first-order chi connectivity index (χ1) is 14.6. The molecule has 0 bridgehead atoms. The third-order valence-electron chi connectivity index (χ3n) is 10.7. The summed E-state index contributed by atoms with van der Waals surface area (Å²) in [5.74, 6) is 5.53. The molecular formula is C29H49NO. The molecule has 1 N–H and O–H groups in total. The van der Waals surface area contributed by atoms with Crippen LogP contribution in [0.25, 0.3) is 0 Å². The number of nitrogens with one attached hydrogen (secondary N) is 1. The van der Waals surface area contributed by atoms with Crippen molar-refractivity contribution in [2.75, 3.05) is 0 Å². The highest BCUT2D eigenvalue weighted by Crippen LogP contribution is 2.67. The highest BCUT2D eigenvalue weighted by molar-refractivity contribution is 5.73. The standard InChI is InChI=1S/C29H49NO/c1-19(2)8-7-9-20(3)25-12-13-26-24-11-10-22-18-23(30-21(4)31)14-16-28(22,5)27(24)15-17-29(25,26)6/h10,19-20,23-27H,7-9,11-18H2,1-6H3,(H,30,31)/t20-,23?,24+,25-,26+,27?,28+,29-/m1/s1. The van der Waals surface area contributed by atoms with Crippen molar-refractivity contribution in [3.05, 3.63) is 11.6 Å². The summed E-state index contributed by atoms with van der Waals surface area (Å²) in [6.45, 7) is 14.3. The van der Waals surface area contributed by atoms with Crippen LogP contribution < -0.4 is 5.32 Å². The van der Waals surface area contributed by atoms with Crippen LogP contribution in [0.2, 0.25) is 0 Å². The maximum atomic E-state index is 11.6. The van der Waals surface area contributed by atoms with E-state index in [0.29, 0.717) is 16.9 Å². The number of hydrogen-bond donors (Lipinski definition) is 1. The molecule has 0 saturated heterocycles. The Morgan fingerprint density at radius 1 is 1.06 bits per heavy atom. The Morgan fingerprint density at radius 3 is 2.55 bits per heavy atom. The number of allylic oxidation sites excluding steroid dienone is 1. The van der Waals surface area contributed by atoms with Crippen LogP contribution in [0, 0.1) is 46.3 Å². The SMILES string of the molecule is CC(=O)NC1CC[C@@]2(C)C(=CC[C@@H]3C2CC[C@]2(C)[C@@H]([C@H](C)CCCC(C)C)CC[C@@H]32)C1. The molecule has 3 fully saturated rings. The van der Waals surface area contributed by atoms with Gasteiger partial charge in [-0.3, -0.25) is 4.79 Å². The van der Waals surface area contributed by atoms with Gasteiger partial charge in [-0.1, -0.05) is 65.5 Å². The summed E-state index contributed by atoms with van der Waals surface area (Å²) in [5, 5.41) is 3.21. The lowest BCUT2D eigenvalue weighted by Crippen LogP contribution is -2.52. The maximum Gasteiger partial charge on any atom is 0.217 e. The van der Waals surface area contributed by atoms with E-state index in [9.17, 15) is 4.79 Å². The summed E-state index contributed by atoms with van der Waals surface area (Å²) < 4.78 is 0. The molecule has 0 radical (unpaired) electrons. The summed E-state index contributed by atoms with van der Waals surface area (Å²) >= 11 is 0. The summed E-state index contributed by atoms with van der Waals surface area (Å²) in [6.07, 6.45) is 17.6. The van der Waals surface area contributed by atoms with Crippen molar-refractivity contribution >= 4 is 5.91 Å². The van der Waals surface area contributed by atoms with Gasteiger partial charge in [-0.25, -0.2) is 0 Å². The van der Waals surface area contributed by atoms with Crippen molar-refractivity contribution in [1.29, 1.82) is 0 Å². The highest BCUT2D eigenvalue weighted by Gasteiger charge is 2.59. The Morgan fingerprint density at radius 2 is 1.84 bits per heavy atom. The van der Waals surface area contributed by atoms with Gasteiger partial charge in [0.1, 0.15) is 0 Å². The van der Waals surface area contributed by atoms with E-state index in [-0.39, 0.29) is 5.91 Å². The Balaban J connectivity index is 1.47. The largest absolute Gasteiger partial charge is 0.353 e. The van der Waals surface area contributed by atoms with E-state index in [1.54, 1.807) is 12.5 Å². The molecule has 2 nitrogen and oxygen atoms in total. The molecule has 176 valence electrons. The molecule has 2 unspecified atom stereocenters. The fraction of sp³-hybridized carbons (Fsp3) is 0.897. The van der Waals surface area contributed by atoms with Gasteiger partial charge in [-0.2, -0.15) is 0 Å². The van der Waals surface area contributed by atoms with E-state index in [1.165, 1.54) is 57.8 Å². The van der Waals surface area contributed by atoms with Gasteiger partial charge in [0.15, 0.2) is 0 Å². The minimum Gasteiger partial charge on any atom is -0.353 e. The van der Waals surface area contributed by atoms with Crippen molar-refractivity contribution < 1.29 is 4.79 Å². The van der Waals surface area contributed by atoms with Crippen LogP contribution >= 0.6 is 0 Å². The average molecular weight is 428 g/mol. The quantitative estimate of drug-likeness (QED) is 0.436. The average Bonchev–Trinajstić information content (AvgIpc) is 3.05. The van der Waals surface area contributed by atoms with Crippen LogP contribution in [-0.4, -0.2) is 11.9 Å². The van der Waals surface area contributed by atoms with Gasteiger partial charge in [0.25, 0.3) is 0 Å². The molecule has 8 atom stereocenters. The number of rotatable bonds is 6. The topological polar surface area (TPSA) is 29.1 Å². The second-order valence-corrected chi connectivity index (χ2v) is 12.9. The predicted molar refractivity (Wildman–Crippen MR) is 131 cm³/mol. The van der Waals surface area contributed by atoms with E-state index in [4.69, 9.17) is 0 Å². The molecular weight excluding hydrogens is 378 g/mol. The molecule has 0 aliphatic heterocycles. The minimum absolute atomic E-state index is 0.135. The summed E-state index contributed by atoms with van der Waals surface area (Å²) in [5.41, 5.74) is 2.65. The summed E-state index contributed by atoms with van der Waals surface area (Å²) in [4.78, 5) is 11.6. The molecule has 31 heavy (non-hydrogen) atoms. The zero-order valence-corrected chi connectivity index (χ0v) is 21.3. The van der Waals surface area contributed by atoms with Crippen molar-refractivity contribution in [1.82, 2.24) is 5.32 Å². The molecule has 1 amide bonds. The molecule has 2 heteroatoms. The molecule has 4 aliphatic carbocycles. The van der Waals surface area contributed by atoms with Gasteiger partial charge in [0.05, 0.1) is 0 Å². The third kappa shape index (κ3) is 4.26. The van der Waals surface area contributed by atoms with Gasteiger partial charge in [0.2, 0.25) is 5.91 Å². The van der Waals surface area contributed by atoms with Crippen LogP contribution in [0.5, 0.6) is 0 Å². The van der Waals surface area contributed by atoms with Crippen LogP contribution in [0.4, 0.5) is 0 Å². The first kappa shape index (κ1) is 23.4. The van der Waals surface area contributed by atoms with Crippen molar-refractivity contribution in [2.45, 2.75) is 118 Å². The fourth-order valence-corrected chi connectivity index (χ4v) is 9.10. The van der Waals surface area contributed by atoms with Crippen LogP contribution in [-0.2, 0) is 4.79 Å². The number of hydrogen-bond acceptors (Lipinski definition) is 1. The maximum absolute atomic E-state index is 11.6. The molecule has 4 aliphatic rings. The molecule has 0 aromatic heterocycles. The van der Waals surface area contributed by atoms with Gasteiger partial charge in [-0.15, -0.1) is 0 Å². The lowest BCUT2D eigenvalue weighted by molar-refractivity contribution is -0.120. The summed E-state index contributed by atoms with van der Waals surface area (Å²) in [6, 6.07) is 0.366. The fourth-order valence-electron chi connectivity index (χ4n) is 9.10. The first-order valence-electron chi connectivity index (χ1n) is 13.6.